The third-order valence-corrected chi connectivity index (χ3v) is 5.75. The Balaban J connectivity index is 3.00. The molecular formula is C20H34N6O5S2. The maximum absolute atomic E-state index is 13.1. The summed E-state index contributed by atoms with van der Waals surface area (Å²) < 4.78 is 0. The Labute approximate surface area is 203 Å². The van der Waals surface area contributed by atoms with Crippen molar-refractivity contribution in [2.45, 2.75) is 57.3 Å². The molecule has 0 saturated carbocycles. The molecule has 1 rings (SSSR count). The fraction of sp³-hybridized carbons (Fsp3) is 0.650. The Hall–Kier alpha value is -2.25. The minimum Gasteiger partial charge on any atom is -0.480 e. The number of rotatable bonds is 15. The van der Waals surface area contributed by atoms with Crippen molar-refractivity contribution in [1.82, 2.24) is 25.9 Å². The van der Waals surface area contributed by atoms with Crippen LogP contribution in [-0.4, -0.2) is 80.7 Å². The Kier molecular flexibility index (Phi) is 12.9. The number of carboxylic acid groups (broad SMARTS) is 1. The number of carbonyl (C=O) groups is 4. The number of carboxylic acids is 1. The van der Waals surface area contributed by atoms with Crippen molar-refractivity contribution in [2.24, 2.45) is 11.7 Å². The van der Waals surface area contributed by atoms with Crippen LogP contribution in [0.3, 0.4) is 0 Å². The number of thioether (sulfide) groups is 1. The lowest BCUT2D eigenvalue weighted by Gasteiger charge is -2.25. The minimum atomic E-state index is -1.14. The van der Waals surface area contributed by atoms with Crippen molar-refractivity contribution in [3.8, 4) is 0 Å². The molecule has 1 aromatic rings. The smallest absolute Gasteiger partial charge is 0.326 e. The molecule has 7 N–H and O–H groups in total. The molecule has 4 atom stereocenters. The number of aromatic amines is 1. The second kappa shape index (κ2) is 14.8. The average Bonchev–Trinajstić information content (AvgIpc) is 3.27. The summed E-state index contributed by atoms with van der Waals surface area (Å²) in [6.45, 7) is 3.71. The molecule has 33 heavy (non-hydrogen) atoms. The number of H-pyrrole nitrogens is 1. The molecule has 13 heteroatoms. The lowest BCUT2D eigenvalue weighted by Crippen LogP contribution is -2.58. The molecule has 0 saturated heterocycles. The summed E-state index contributed by atoms with van der Waals surface area (Å²) in [6, 6.07) is -3.98. The van der Waals surface area contributed by atoms with Crippen molar-refractivity contribution in [1.29, 1.82) is 0 Å². The zero-order valence-corrected chi connectivity index (χ0v) is 20.7. The summed E-state index contributed by atoms with van der Waals surface area (Å²) in [6.07, 6.45) is 5.46. The molecule has 4 unspecified atom stereocenters. The maximum Gasteiger partial charge on any atom is 0.326 e. The van der Waals surface area contributed by atoms with E-state index in [1.54, 1.807) is 0 Å². The number of hydrogen-bond donors (Lipinski definition) is 7. The van der Waals surface area contributed by atoms with Gasteiger partial charge in [-0.1, -0.05) is 13.8 Å². The van der Waals surface area contributed by atoms with E-state index in [0.29, 0.717) is 11.4 Å². The highest BCUT2D eigenvalue weighted by atomic mass is 32.2. The summed E-state index contributed by atoms with van der Waals surface area (Å²) in [5, 5.41) is 17.2. The van der Waals surface area contributed by atoms with E-state index in [1.807, 2.05) is 20.1 Å². The number of hydrogen-bond acceptors (Lipinski definition) is 8. The van der Waals surface area contributed by atoms with Gasteiger partial charge in [0, 0.05) is 24.1 Å². The van der Waals surface area contributed by atoms with Crippen molar-refractivity contribution in [3.05, 3.63) is 18.2 Å². The Morgan fingerprint density at radius 2 is 1.73 bits per heavy atom. The van der Waals surface area contributed by atoms with Gasteiger partial charge in [0.15, 0.2) is 0 Å². The van der Waals surface area contributed by atoms with Crippen molar-refractivity contribution in [2.75, 3.05) is 17.8 Å². The molecule has 1 heterocycles. The molecule has 0 aromatic carbocycles. The second-order valence-corrected chi connectivity index (χ2v) is 9.35. The second-order valence-electron chi connectivity index (χ2n) is 8.00. The highest BCUT2D eigenvalue weighted by Crippen LogP contribution is 2.08. The molecule has 0 aliphatic carbocycles. The van der Waals surface area contributed by atoms with Gasteiger partial charge in [-0.2, -0.15) is 24.4 Å². The number of nitrogens with zero attached hydrogens (tertiary/aromatic N) is 1. The monoisotopic (exact) mass is 502 g/mol. The highest BCUT2D eigenvalue weighted by molar-refractivity contribution is 7.98. The maximum atomic E-state index is 13.1. The van der Waals surface area contributed by atoms with E-state index in [-0.39, 0.29) is 30.9 Å². The van der Waals surface area contributed by atoms with Gasteiger partial charge in [-0.25, -0.2) is 9.78 Å². The van der Waals surface area contributed by atoms with E-state index >= 15 is 0 Å². The largest absolute Gasteiger partial charge is 0.480 e. The zero-order chi connectivity index (χ0) is 25.0. The molecule has 186 valence electrons. The first-order valence-electron chi connectivity index (χ1n) is 10.6. The number of aliphatic carboxylic acids is 1. The number of thiol groups is 1. The number of imidazole rings is 1. The van der Waals surface area contributed by atoms with Gasteiger partial charge in [-0.15, -0.1) is 0 Å². The van der Waals surface area contributed by atoms with Gasteiger partial charge in [-0.05, 0) is 30.8 Å². The average molecular weight is 503 g/mol. The van der Waals surface area contributed by atoms with Crippen LogP contribution in [0.2, 0.25) is 0 Å². The van der Waals surface area contributed by atoms with Gasteiger partial charge in [0.25, 0.3) is 0 Å². The fourth-order valence-electron chi connectivity index (χ4n) is 2.93. The number of aromatic nitrogens is 2. The van der Waals surface area contributed by atoms with E-state index in [9.17, 15) is 24.3 Å². The number of amides is 3. The van der Waals surface area contributed by atoms with Gasteiger partial charge >= 0.3 is 5.97 Å². The SMILES string of the molecule is CSCCC(NC(=O)C(Cc1cnc[nH]1)NC(=O)C(N)CS)C(=O)NC(CC(C)C)C(=O)O. The summed E-state index contributed by atoms with van der Waals surface area (Å²) in [4.78, 5) is 56.6. The molecular weight excluding hydrogens is 468 g/mol. The molecule has 3 amide bonds. The van der Waals surface area contributed by atoms with Crippen molar-refractivity contribution in [3.63, 3.8) is 0 Å². The predicted octanol–water partition coefficient (Wildman–Crippen LogP) is -0.452. The van der Waals surface area contributed by atoms with E-state index in [4.69, 9.17) is 5.73 Å². The normalized spacial score (nSPS) is 14.7. The fourth-order valence-corrected chi connectivity index (χ4v) is 3.57. The molecule has 1 aromatic heterocycles. The van der Waals surface area contributed by atoms with Gasteiger partial charge in [0.05, 0.1) is 12.4 Å². The van der Waals surface area contributed by atoms with Gasteiger partial charge in [-0.3, -0.25) is 14.4 Å². The van der Waals surface area contributed by atoms with Crippen LogP contribution < -0.4 is 21.7 Å². The van der Waals surface area contributed by atoms with Crippen LogP contribution in [-0.2, 0) is 25.6 Å². The molecule has 0 aliphatic rings. The van der Waals surface area contributed by atoms with Crippen LogP contribution in [0.4, 0.5) is 0 Å². The summed E-state index contributed by atoms with van der Waals surface area (Å²) >= 11 is 5.49. The first kappa shape index (κ1) is 28.8. The molecule has 0 bridgehead atoms. The first-order chi connectivity index (χ1) is 15.6. The van der Waals surface area contributed by atoms with Crippen LogP contribution in [0.5, 0.6) is 0 Å². The predicted molar refractivity (Wildman–Crippen MR) is 130 cm³/mol. The summed E-state index contributed by atoms with van der Waals surface area (Å²) in [5.74, 6) is -2.19. The zero-order valence-electron chi connectivity index (χ0n) is 19.0. The lowest BCUT2D eigenvalue weighted by molar-refractivity contribution is -0.142. The Morgan fingerprint density at radius 3 is 2.24 bits per heavy atom. The number of nitrogens with one attached hydrogen (secondary N) is 4. The molecule has 0 radical (unpaired) electrons. The van der Waals surface area contributed by atoms with Crippen molar-refractivity contribution >= 4 is 48.1 Å². The van der Waals surface area contributed by atoms with Crippen LogP contribution in [0.1, 0.15) is 32.4 Å². The Morgan fingerprint density at radius 1 is 1.12 bits per heavy atom. The van der Waals surface area contributed by atoms with E-state index in [0.717, 1.165) is 0 Å². The lowest BCUT2D eigenvalue weighted by atomic mass is 10.0. The van der Waals surface area contributed by atoms with Crippen LogP contribution in [0, 0.1) is 5.92 Å². The van der Waals surface area contributed by atoms with Gasteiger partial charge in [0.1, 0.15) is 18.1 Å². The van der Waals surface area contributed by atoms with Crippen LogP contribution in [0.15, 0.2) is 12.5 Å². The van der Waals surface area contributed by atoms with Crippen LogP contribution >= 0.6 is 24.4 Å². The molecule has 11 nitrogen and oxygen atoms in total. The van der Waals surface area contributed by atoms with E-state index in [2.05, 4.69) is 38.5 Å². The summed E-state index contributed by atoms with van der Waals surface area (Å²) in [5.41, 5.74) is 6.31. The molecule has 0 spiro atoms. The van der Waals surface area contributed by atoms with E-state index in [1.165, 1.54) is 24.3 Å². The van der Waals surface area contributed by atoms with Gasteiger partial charge < -0.3 is 31.8 Å². The van der Waals surface area contributed by atoms with Crippen LogP contribution in [0.25, 0.3) is 0 Å². The van der Waals surface area contributed by atoms with Gasteiger partial charge in [0.2, 0.25) is 17.7 Å². The molecule has 0 aliphatic heterocycles. The highest BCUT2D eigenvalue weighted by Gasteiger charge is 2.30. The minimum absolute atomic E-state index is 0.0516. The first-order valence-corrected chi connectivity index (χ1v) is 12.6. The number of carbonyl (C=O) groups excluding carboxylic acids is 3. The molecule has 0 fully saturated rings. The third kappa shape index (κ3) is 10.5. The summed E-state index contributed by atoms with van der Waals surface area (Å²) in [7, 11) is 0. The topological polar surface area (TPSA) is 179 Å². The number of nitrogens with two attached hydrogens (primary N) is 1. The third-order valence-electron chi connectivity index (χ3n) is 4.71. The van der Waals surface area contributed by atoms with E-state index < -0.39 is 47.9 Å². The quantitative estimate of drug-likeness (QED) is 0.158. The van der Waals surface area contributed by atoms with Crippen molar-refractivity contribution < 1.29 is 24.3 Å². The standard InChI is InChI=1S/C20H34N6O5S2/c1-11(2)6-16(20(30)31)26-18(28)14(4-5-33-3)24-19(29)15(7-12-8-22-10-23-12)25-17(27)13(21)9-32/h8,10-11,13-16,32H,4-7,9,21H2,1-3H3,(H,22,23)(H,24,29)(H,25,27)(H,26,28)(H,30,31). The Bertz CT molecular complexity index is 777.